The van der Waals surface area contributed by atoms with Crippen LogP contribution in [0.25, 0.3) is 0 Å². The molecule has 2 aliphatic rings. The van der Waals surface area contributed by atoms with E-state index in [-0.39, 0.29) is 11.7 Å². The van der Waals surface area contributed by atoms with Crippen molar-refractivity contribution in [3.05, 3.63) is 16.4 Å². The maximum absolute atomic E-state index is 5.69. The van der Waals surface area contributed by atoms with E-state index < -0.39 is 0 Å². The van der Waals surface area contributed by atoms with Crippen molar-refractivity contribution in [1.29, 1.82) is 0 Å². The molecule has 0 amide bonds. The lowest BCUT2D eigenvalue weighted by Crippen LogP contribution is -2.19. The first-order valence-corrected chi connectivity index (χ1v) is 5.54. The molecule has 0 bridgehead atoms. The smallest absolute Gasteiger partial charge is 0.163 e. The van der Waals surface area contributed by atoms with Crippen molar-refractivity contribution in [3.8, 4) is 0 Å². The Labute approximate surface area is 90.3 Å². The van der Waals surface area contributed by atoms with Gasteiger partial charge in [0, 0.05) is 6.54 Å². The number of aromatic nitrogens is 2. The summed E-state index contributed by atoms with van der Waals surface area (Å²) in [6.07, 6.45) is 2.06. The molecule has 5 heteroatoms. The summed E-state index contributed by atoms with van der Waals surface area (Å²) >= 11 is 3.51. The van der Waals surface area contributed by atoms with E-state index in [4.69, 9.17) is 9.47 Å². The monoisotopic (exact) mass is 258 g/mol. The largest absolute Gasteiger partial charge is 0.375 e. The molecule has 0 radical (unpaired) electrons. The van der Waals surface area contributed by atoms with Crippen molar-refractivity contribution < 1.29 is 9.47 Å². The zero-order valence-electron chi connectivity index (χ0n) is 7.86. The first kappa shape index (κ1) is 8.88. The number of rotatable bonds is 2. The Morgan fingerprint density at radius 3 is 3.21 bits per heavy atom. The summed E-state index contributed by atoms with van der Waals surface area (Å²) in [5.74, 6) is 0. The van der Waals surface area contributed by atoms with Crippen LogP contribution in [0.4, 0.5) is 0 Å². The molecule has 2 unspecified atom stereocenters. The lowest BCUT2D eigenvalue weighted by Gasteiger charge is -2.10. The minimum atomic E-state index is -0.203. The molecular formula is C9H11BrN2O2. The molecule has 4 nitrogen and oxygen atoms in total. The maximum atomic E-state index is 5.69. The molecule has 1 aromatic heterocycles. The Hall–Kier alpha value is -0.390. The van der Waals surface area contributed by atoms with E-state index in [1.165, 1.54) is 0 Å². The maximum Gasteiger partial charge on any atom is 0.163 e. The van der Waals surface area contributed by atoms with Crippen molar-refractivity contribution in [2.75, 3.05) is 13.2 Å². The van der Waals surface area contributed by atoms with Crippen LogP contribution in [0, 0.1) is 0 Å². The Morgan fingerprint density at radius 1 is 1.79 bits per heavy atom. The fraction of sp³-hybridized carbons (Fsp3) is 0.667. The van der Waals surface area contributed by atoms with Crippen LogP contribution in [-0.4, -0.2) is 29.1 Å². The van der Waals surface area contributed by atoms with E-state index in [9.17, 15) is 0 Å². The van der Waals surface area contributed by atoms with Gasteiger partial charge >= 0.3 is 0 Å². The van der Waals surface area contributed by atoms with Crippen molar-refractivity contribution in [3.63, 3.8) is 0 Å². The van der Waals surface area contributed by atoms with Crippen LogP contribution in [0.15, 0.2) is 10.7 Å². The van der Waals surface area contributed by atoms with E-state index in [0.717, 1.165) is 16.7 Å². The van der Waals surface area contributed by atoms with Gasteiger partial charge in [-0.3, -0.25) is 4.68 Å². The zero-order valence-corrected chi connectivity index (χ0v) is 9.45. The quantitative estimate of drug-likeness (QED) is 0.751. The van der Waals surface area contributed by atoms with Gasteiger partial charge in [-0.05, 0) is 22.9 Å². The summed E-state index contributed by atoms with van der Waals surface area (Å²) in [5.41, 5.74) is 0.924. The SMILES string of the molecule is CCn1ncc(Br)c1C12COCC1O2. The highest BCUT2D eigenvalue weighted by molar-refractivity contribution is 9.10. The normalized spacial score (nSPS) is 34.6. The molecule has 0 aliphatic carbocycles. The molecule has 14 heavy (non-hydrogen) atoms. The van der Waals surface area contributed by atoms with E-state index in [2.05, 4.69) is 28.0 Å². The van der Waals surface area contributed by atoms with Crippen molar-refractivity contribution >= 4 is 15.9 Å². The number of hydrogen-bond donors (Lipinski definition) is 0. The highest BCUT2D eigenvalue weighted by Gasteiger charge is 2.64. The first-order valence-electron chi connectivity index (χ1n) is 4.75. The standard InChI is InChI=1S/C9H11BrN2O2/c1-2-12-8(6(10)3-11-12)9-5-13-4-7(9)14-9/h3,7H,2,4-5H2,1H3. The molecular weight excluding hydrogens is 248 g/mol. The molecule has 2 saturated heterocycles. The molecule has 0 spiro atoms. The van der Waals surface area contributed by atoms with E-state index in [0.29, 0.717) is 13.2 Å². The van der Waals surface area contributed by atoms with Crippen molar-refractivity contribution in [2.24, 2.45) is 0 Å². The van der Waals surface area contributed by atoms with Gasteiger partial charge in [-0.2, -0.15) is 5.10 Å². The van der Waals surface area contributed by atoms with Crippen LogP contribution >= 0.6 is 15.9 Å². The summed E-state index contributed by atoms with van der Waals surface area (Å²) in [6.45, 7) is 4.30. The number of aryl methyl sites for hydroxylation is 1. The third-order valence-corrected chi connectivity index (χ3v) is 3.48. The van der Waals surface area contributed by atoms with E-state index >= 15 is 0 Å². The van der Waals surface area contributed by atoms with Crippen molar-refractivity contribution in [2.45, 2.75) is 25.2 Å². The molecule has 3 heterocycles. The molecule has 2 atom stereocenters. The lowest BCUT2D eigenvalue weighted by molar-refractivity contribution is 0.0659. The second-order valence-corrected chi connectivity index (χ2v) is 4.52. The Balaban J connectivity index is 2.07. The van der Waals surface area contributed by atoms with Crippen molar-refractivity contribution in [1.82, 2.24) is 9.78 Å². The number of epoxide rings is 1. The van der Waals surface area contributed by atoms with Crippen LogP contribution in [-0.2, 0) is 21.6 Å². The average molecular weight is 259 g/mol. The first-order chi connectivity index (χ1) is 6.78. The third-order valence-electron chi connectivity index (χ3n) is 2.90. The molecule has 76 valence electrons. The minimum absolute atomic E-state index is 0.203. The van der Waals surface area contributed by atoms with Gasteiger partial charge in [-0.25, -0.2) is 0 Å². The van der Waals surface area contributed by atoms with E-state index in [1.807, 2.05) is 10.9 Å². The number of hydrogen-bond acceptors (Lipinski definition) is 3. The lowest BCUT2D eigenvalue weighted by atomic mass is 10.0. The Morgan fingerprint density at radius 2 is 2.64 bits per heavy atom. The van der Waals surface area contributed by atoms with Crippen LogP contribution in [0.1, 0.15) is 12.6 Å². The van der Waals surface area contributed by atoms with Crippen LogP contribution in [0.3, 0.4) is 0 Å². The number of halogens is 1. The second kappa shape index (κ2) is 2.81. The summed E-state index contributed by atoms with van der Waals surface area (Å²) in [6, 6.07) is 0. The highest BCUT2D eigenvalue weighted by atomic mass is 79.9. The summed E-state index contributed by atoms with van der Waals surface area (Å²) < 4.78 is 14.1. The Bertz CT molecular complexity index is 379. The molecule has 2 aliphatic heterocycles. The van der Waals surface area contributed by atoms with Gasteiger partial charge in [0.15, 0.2) is 5.60 Å². The predicted molar refractivity (Wildman–Crippen MR) is 53.0 cm³/mol. The number of ether oxygens (including phenoxy) is 2. The van der Waals surface area contributed by atoms with Crippen LogP contribution in [0.5, 0.6) is 0 Å². The van der Waals surface area contributed by atoms with Gasteiger partial charge in [0.2, 0.25) is 0 Å². The minimum Gasteiger partial charge on any atom is -0.375 e. The van der Waals surface area contributed by atoms with Gasteiger partial charge in [-0.1, -0.05) is 0 Å². The second-order valence-electron chi connectivity index (χ2n) is 3.67. The predicted octanol–water partition coefficient (Wildman–Crippen LogP) is 1.29. The summed E-state index contributed by atoms with van der Waals surface area (Å²) in [5, 5.41) is 4.28. The van der Waals surface area contributed by atoms with Crippen LogP contribution in [0.2, 0.25) is 0 Å². The van der Waals surface area contributed by atoms with E-state index in [1.54, 1.807) is 0 Å². The number of nitrogens with zero attached hydrogens (tertiary/aromatic N) is 2. The molecule has 3 rings (SSSR count). The zero-order chi connectivity index (χ0) is 9.76. The molecule has 0 aromatic carbocycles. The fourth-order valence-electron chi connectivity index (χ4n) is 2.13. The molecule has 2 fully saturated rings. The average Bonchev–Trinajstić information content (AvgIpc) is 2.59. The van der Waals surface area contributed by atoms with Gasteiger partial charge in [0.1, 0.15) is 6.10 Å². The van der Waals surface area contributed by atoms with Crippen LogP contribution < -0.4 is 0 Å². The Kier molecular flexibility index (Phi) is 1.78. The molecule has 0 saturated carbocycles. The third kappa shape index (κ3) is 0.975. The van der Waals surface area contributed by atoms with Gasteiger partial charge in [0.05, 0.1) is 29.6 Å². The number of fused-ring (bicyclic) bond motifs is 1. The van der Waals surface area contributed by atoms with Gasteiger partial charge in [-0.15, -0.1) is 0 Å². The molecule has 1 aromatic rings. The topological polar surface area (TPSA) is 39.6 Å². The van der Waals surface area contributed by atoms with Gasteiger partial charge in [0.25, 0.3) is 0 Å². The summed E-state index contributed by atoms with van der Waals surface area (Å²) in [4.78, 5) is 0. The molecule has 0 N–H and O–H groups in total. The van der Waals surface area contributed by atoms with Gasteiger partial charge < -0.3 is 9.47 Å². The highest BCUT2D eigenvalue weighted by Crippen LogP contribution is 2.52. The fourth-order valence-corrected chi connectivity index (χ4v) is 2.76. The summed E-state index contributed by atoms with van der Waals surface area (Å²) in [7, 11) is 0.